The van der Waals surface area contributed by atoms with Gasteiger partial charge in [0.25, 0.3) is 0 Å². The highest BCUT2D eigenvalue weighted by Gasteiger charge is 2.42. The second-order valence-corrected chi connectivity index (χ2v) is 10.7. The zero-order valence-corrected chi connectivity index (χ0v) is 24.7. The monoisotopic (exact) mass is 610 g/mol. The third kappa shape index (κ3) is 6.42. The maximum absolute atomic E-state index is 14.0. The van der Waals surface area contributed by atoms with Crippen molar-refractivity contribution >= 4 is 33.4 Å². The van der Waals surface area contributed by atoms with Gasteiger partial charge in [-0.05, 0) is 62.2 Å². The molecule has 212 valence electrons. The van der Waals surface area contributed by atoms with Crippen molar-refractivity contribution in [2.24, 2.45) is 5.92 Å². The van der Waals surface area contributed by atoms with Gasteiger partial charge in [0.05, 0.1) is 38.8 Å². The molecule has 40 heavy (non-hydrogen) atoms. The summed E-state index contributed by atoms with van der Waals surface area (Å²) in [4.78, 5) is 29.1. The van der Waals surface area contributed by atoms with Crippen LogP contribution in [0, 0.1) is 12.8 Å². The molecule has 2 amide bonds. The molecule has 3 atom stereocenters. The Morgan fingerprint density at radius 2 is 1.77 bits per heavy atom. The van der Waals surface area contributed by atoms with Crippen LogP contribution in [0.4, 0.5) is 5.69 Å². The van der Waals surface area contributed by atoms with Crippen LogP contribution in [0.15, 0.2) is 65.1 Å². The minimum atomic E-state index is -0.564. The number of nitrogens with zero attached hydrogens (tertiary/aromatic N) is 1. The molecular formula is C31H35BrN2O6. The molecule has 3 aromatic carbocycles. The van der Waals surface area contributed by atoms with E-state index in [0.29, 0.717) is 23.7 Å². The van der Waals surface area contributed by atoms with E-state index < -0.39 is 12.0 Å². The van der Waals surface area contributed by atoms with Crippen LogP contribution >= 0.6 is 15.9 Å². The summed E-state index contributed by atoms with van der Waals surface area (Å²) in [6.07, 6.45) is 0.639. The molecule has 1 heterocycles. The number of aryl methyl sites for hydroxylation is 1. The van der Waals surface area contributed by atoms with E-state index in [4.69, 9.17) is 14.2 Å². The fraction of sp³-hybridized carbons (Fsp3) is 0.355. The minimum absolute atomic E-state index is 0.0478. The Balaban J connectivity index is 1.72. The SMILES string of the molecule is COc1ccc(C2C(C(=O)NC(C)c3ccc(Br)cc3OCCO)CCC(=O)N2c2ccc(C)cc2)cc1OC. The van der Waals surface area contributed by atoms with Gasteiger partial charge >= 0.3 is 0 Å². The number of ether oxygens (including phenoxy) is 3. The highest BCUT2D eigenvalue weighted by atomic mass is 79.9. The molecule has 1 aliphatic rings. The van der Waals surface area contributed by atoms with Gasteiger partial charge in [-0.1, -0.05) is 45.8 Å². The molecule has 1 saturated heterocycles. The van der Waals surface area contributed by atoms with Gasteiger partial charge in [-0.3, -0.25) is 9.59 Å². The van der Waals surface area contributed by atoms with Crippen LogP contribution < -0.4 is 24.4 Å². The number of nitrogens with one attached hydrogen (secondary N) is 1. The van der Waals surface area contributed by atoms with E-state index in [2.05, 4.69) is 21.2 Å². The molecule has 1 aliphatic heterocycles. The first kappa shape index (κ1) is 29.4. The summed E-state index contributed by atoms with van der Waals surface area (Å²) in [7, 11) is 3.13. The number of benzene rings is 3. The Morgan fingerprint density at radius 3 is 2.45 bits per heavy atom. The number of rotatable bonds is 10. The van der Waals surface area contributed by atoms with E-state index in [9.17, 15) is 14.7 Å². The number of aliphatic hydroxyl groups is 1. The topological polar surface area (TPSA) is 97.3 Å². The molecule has 0 aromatic heterocycles. The molecule has 2 N–H and O–H groups in total. The van der Waals surface area contributed by atoms with Crippen molar-refractivity contribution < 1.29 is 28.9 Å². The van der Waals surface area contributed by atoms with E-state index in [1.54, 1.807) is 25.2 Å². The second kappa shape index (κ2) is 13.2. The minimum Gasteiger partial charge on any atom is -0.493 e. The number of halogens is 1. The summed E-state index contributed by atoms with van der Waals surface area (Å²) in [5.74, 6) is 0.913. The molecule has 4 rings (SSSR count). The van der Waals surface area contributed by atoms with E-state index in [0.717, 1.165) is 26.9 Å². The zero-order chi connectivity index (χ0) is 28.8. The van der Waals surface area contributed by atoms with Crippen LogP contribution in [0.5, 0.6) is 17.2 Å². The third-order valence-electron chi connectivity index (χ3n) is 7.14. The molecule has 9 heteroatoms. The van der Waals surface area contributed by atoms with Crippen LogP contribution in [-0.4, -0.2) is 44.4 Å². The van der Waals surface area contributed by atoms with Gasteiger partial charge in [0.15, 0.2) is 11.5 Å². The molecule has 8 nitrogen and oxygen atoms in total. The van der Waals surface area contributed by atoms with Gasteiger partial charge in [-0.15, -0.1) is 0 Å². The zero-order valence-electron chi connectivity index (χ0n) is 23.1. The highest BCUT2D eigenvalue weighted by Crippen LogP contribution is 2.43. The van der Waals surface area contributed by atoms with E-state index in [-0.39, 0.29) is 37.5 Å². The Bertz CT molecular complexity index is 1350. The lowest BCUT2D eigenvalue weighted by Crippen LogP contribution is -2.48. The van der Waals surface area contributed by atoms with Crippen LogP contribution in [0.2, 0.25) is 0 Å². The van der Waals surface area contributed by atoms with Crippen LogP contribution in [-0.2, 0) is 9.59 Å². The lowest BCUT2D eigenvalue weighted by molar-refractivity contribution is -0.129. The summed E-state index contributed by atoms with van der Waals surface area (Å²) >= 11 is 3.46. The molecule has 0 saturated carbocycles. The largest absolute Gasteiger partial charge is 0.493 e. The molecule has 0 radical (unpaired) electrons. The van der Waals surface area contributed by atoms with Crippen molar-refractivity contribution in [1.29, 1.82) is 0 Å². The van der Waals surface area contributed by atoms with E-state index in [1.165, 1.54) is 0 Å². The Labute approximate surface area is 243 Å². The van der Waals surface area contributed by atoms with Crippen LogP contribution in [0.3, 0.4) is 0 Å². The van der Waals surface area contributed by atoms with E-state index in [1.807, 2.05) is 68.4 Å². The van der Waals surface area contributed by atoms with E-state index >= 15 is 0 Å². The number of carbonyl (C=O) groups excluding carboxylic acids is 2. The molecule has 0 bridgehead atoms. The van der Waals surface area contributed by atoms with Gasteiger partial charge in [0.2, 0.25) is 11.8 Å². The smallest absolute Gasteiger partial charge is 0.227 e. The predicted molar refractivity (Wildman–Crippen MR) is 157 cm³/mol. The standard InChI is InChI=1S/C31H35BrN2O6/c1-19-5-9-23(10-6-19)34-29(36)14-12-25(30(34)21-7-13-26(38-3)28(17-21)39-4)31(37)33-20(2)24-11-8-22(32)18-27(24)40-16-15-35/h5-11,13,17-18,20,25,30,35H,12,14-16H2,1-4H3,(H,33,37). The fourth-order valence-electron chi connectivity index (χ4n) is 5.14. The summed E-state index contributed by atoms with van der Waals surface area (Å²) in [5.41, 5.74) is 3.37. The number of carbonyl (C=O) groups is 2. The van der Waals surface area contributed by atoms with Gasteiger partial charge in [0.1, 0.15) is 12.4 Å². The second-order valence-electron chi connectivity index (χ2n) is 9.79. The van der Waals surface area contributed by atoms with Crippen LogP contribution in [0.25, 0.3) is 0 Å². The molecule has 1 fully saturated rings. The number of amides is 2. The maximum Gasteiger partial charge on any atom is 0.227 e. The van der Waals surface area contributed by atoms with Gasteiger partial charge in [-0.2, -0.15) is 0 Å². The summed E-state index contributed by atoms with van der Waals surface area (Å²) < 4.78 is 17.6. The first-order chi connectivity index (χ1) is 19.3. The average molecular weight is 612 g/mol. The van der Waals surface area contributed by atoms with Crippen molar-refractivity contribution in [3.8, 4) is 17.2 Å². The molecule has 3 aromatic rings. The van der Waals surface area contributed by atoms with Gasteiger partial charge in [-0.25, -0.2) is 0 Å². The van der Waals surface area contributed by atoms with Gasteiger partial charge < -0.3 is 29.5 Å². The lowest BCUT2D eigenvalue weighted by Gasteiger charge is -2.41. The number of anilines is 1. The fourth-order valence-corrected chi connectivity index (χ4v) is 5.48. The first-order valence-corrected chi connectivity index (χ1v) is 14.0. The summed E-state index contributed by atoms with van der Waals surface area (Å²) in [5, 5.41) is 12.4. The van der Waals surface area contributed by atoms with Crippen molar-refractivity contribution in [3.63, 3.8) is 0 Å². The molecule has 0 aliphatic carbocycles. The quantitative estimate of drug-likeness (QED) is 0.314. The lowest BCUT2D eigenvalue weighted by atomic mass is 9.82. The number of hydrogen-bond donors (Lipinski definition) is 2. The van der Waals surface area contributed by atoms with Crippen molar-refractivity contribution in [2.75, 3.05) is 32.3 Å². The van der Waals surface area contributed by atoms with Crippen molar-refractivity contribution in [3.05, 3.63) is 81.8 Å². The Kier molecular flexibility index (Phi) is 9.71. The average Bonchev–Trinajstić information content (AvgIpc) is 2.95. The normalized spacial score (nSPS) is 17.8. The summed E-state index contributed by atoms with van der Waals surface area (Å²) in [6, 6.07) is 17.9. The Hall–Kier alpha value is -3.56. The first-order valence-electron chi connectivity index (χ1n) is 13.2. The van der Waals surface area contributed by atoms with Gasteiger partial charge in [0, 0.05) is 22.1 Å². The van der Waals surface area contributed by atoms with Crippen LogP contribution in [0.1, 0.15) is 48.5 Å². The summed E-state index contributed by atoms with van der Waals surface area (Å²) in [6.45, 7) is 3.91. The Morgan fingerprint density at radius 1 is 1.05 bits per heavy atom. The molecule has 0 spiro atoms. The molecular weight excluding hydrogens is 576 g/mol. The predicted octanol–water partition coefficient (Wildman–Crippen LogP) is 5.51. The number of methoxy groups -OCH3 is 2. The van der Waals surface area contributed by atoms with Crippen molar-refractivity contribution in [1.82, 2.24) is 5.32 Å². The third-order valence-corrected chi connectivity index (χ3v) is 7.64. The molecule has 3 unspecified atom stereocenters. The van der Waals surface area contributed by atoms with Crippen molar-refractivity contribution in [2.45, 2.75) is 38.8 Å². The number of hydrogen-bond acceptors (Lipinski definition) is 6. The maximum atomic E-state index is 14.0. The number of aliphatic hydroxyl groups excluding tert-OH is 1. The number of piperidine rings is 1. The highest BCUT2D eigenvalue weighted by molar-refractivity contribution is 9.10.